The van der Waals surface area contributed by atoms with Crippen molar-refractivity contribution in [3.63, 3.8) is 0 Å². The molecule has 0 aromatic heterocycles. The van der Waals surface area contributed by atoms with Gasteiger partial charge in [0.15, 0.2) is 0 Å². The van der Waals surface area contributed by atoms with Crippen LogP contribution in [0.25, 0.3) is 0 Å². The van der Waals surface area contributed by atoms with E-state index in [1.54, 1.807) is 12.1 Å². The molecule has 1 heterocycles. The lowest BCUT2D eigenvalue weighted by Crippen LogP contribution is -2.48. The molecule has 1 atom stereocenters. The third-order valence-corrected chi connectivity index (χ3v) is 4.42. The van der Waals surface area contributed by atoms with Crippen molar-refractivity contribution in [2.75, 3.05) is 26.3 Å². The predicted molar refractivity (Wildman–Crippen MR) is 91.0 cm³/mol. The first kappa shape index (κ1) is 17.9. The largest absolute Gasteiger partial charge is 0.381 e. The Morgan fingerprint density at radius 1 is 1.17 bits per heavy atom. The summed E-state index contributed by atoms with van der Waals surface area (Å²) in [7, 11) is 0. The lowest BCUT2D eigenvalue weighted by atomic mass is 9.92. The monoisotopic (exact) mass is 383 g/mol. The number of halogens is 1. The zero-order valence-electron chi connectivity index (χ0n) is 12.9. The summed E-state index contributed by atoms with van der Waals surface area (Å²) in [5.41, 5.74) is 6.56. The summed E-state index contributed by atoms with van der Waals surface area (Å²) in [6.45, 7) is 2.04. The highest BCUT2D eigenvalue weighted by atomic mass is 79.9. The van der Waals surface area contributed by atoms with E-state index in [-0.39, 0.29) is 17.7 Å². The number of amides is 2. The minimum Gasteiger partial charge on any atom is -0.381 e. The average molecular weight is 384 g/mol. The second-order valence-corrected chi connectivity index (χ2v) is 6.45. The van der Waals surface area contributed by atoms with E-state index in [1.807, 2.05) is 12.1 Å². The van der Waals surface area contributed by atoms with Crippen LogP contribution in [0, 0.1) is 5.92 Å². The van der Waals surface area contributed by atoms with Crippen LogP contribution in [0.2, 0.25) is 0 Å². The number of benzene rings is 1. The standard InChI is InChI=1S/C16H22BrN3O3/c17-13-3-1-12(2-4-13)15(21)19-7-8-20-16(22)14(18)11-5-9-23-10-6-11/h1-4,11,14H,5-10,18H2,(H,19,21)(H,20,22). The molecule has 1 aliphatic rings. The second-order valence-electron chi connectivity index (χ2n) is 5.53. The van der Waals surface area contributed by atoms with Crippen LogP contribution in [0.3, 0.4) is 0 Å². The average Bonchev–Trinajstić information content (AvgIpc) is 2.59. The Morgan fingerprint density at radius 2 is 1.78 bits per heavy atom. The molecule has 6 nitrogen and oxygen atoms in total. The SMILES string of the molecule is NC(C(=O)NCCNC(=O)c1ccc(Br)cc1)C1CCOCC1. The zero-order chi connectivity index (χ0) is 16.7. The molecule has 1 aromatic rings. The Morgan fingerprint density at radius 3 is 2.43 bits per heavy atom. The van der Waals surface area contributed by atoms with E-state index >= 15 is 0 Å². The fourth-order valence-corrected chi connectivity index (χ4v) is 2.74. The van der Waals surface area contributed by atoms with Gasteiger partial charge in [0, 0.05) is 36.3 Å². The first-order valence-corrected chi connectivity index (χ1v) is 8.52. The molecule has 1 saturated heterocycles. The molecule has 0 radical (unpaired) electrons. The van der Waals surface area contributed by atoms with E-state index in [0.717, 1.165) is 17.3 Å². The summed E-state index contributed by atoms with van der Waals surface area (Å²) in [5.74, 6) is -0.170. The van der Waals surface area contributed by atoms with Crippen molar-refractivity contribution in [2.24, 2.45) is 11.7 Å². The summed E-state index contributed by atoms with van der Waals surface area (Å²) in [6, 6.07) is 6.58. The van der Waals surface area contributed by atoms with E-state index in [0.29, 0.717) is 31.9 Å². The van der Waals surface area contributed by atoms with Crippen molar-refractivity contribution in [3.8, 4) is 0 Å². The number of ether oxygens (including phenoxy) is 1. The number of nitrogens with one attached hydrogen (secondary N) is 2. The second kappa shape index (κ2) is 9.00. The number of hydrogen-bond donors (Lipinski definition) is 3. The van der Waals surface area contributed by atoms with Crippen LogP contribution in [0.1, 0.15) is 23.2 Å². The molecule has 0 aliphatic carbocycles. The highest BCUT2D eigenvalue weighted by molar-refractivity contribution is 9.10. The summed E-state index contributed by atoms with van der Waals surface area (Å²) in [4.78, 5) is 23.9. The van der Waals surface area contributed by atoms with Gasteiger partial charge in [0.25, 0.3) is 5.91 Å². The van der Waals surface area contributed by atoms with Crippen LogP contribution in [0.5, 0.6) is 0 Å². The minimum absolute atomic E-state index is 0.166. The molecule has 1 aliphatic heterocycles. The van der Waals surface area contributed by atoms with Crippen LogP contribution in [-0.4, -0.2) is 44.2 Å². The topological polar surface area (TPSA) is 93.5 Å². The predicted octanol–water partition coefficient (Wildman–Crippen LogP) is 1.05. The van der Waals surface area contributed by atoms with Crippen LogP contribution in [0.4, 0.5) is 0 Å². The van der Waals surface area contributed by atoms with Crippen molar-refractivity contribution in [1.82, 2.24) is 10.6 Å². The summed E-state index contributed by atoms with van der Waals surface area (Å²) >= 11 is 3.32. The molecule has 0 bridgehead atoms. The minimum atomic E-state index is -0.513. The van der Waals surface area contributed by atoms with Gasteiger partial charge in [-0.05, 0) is 43.0 Å². The fourth-order valence-electron chi connectivity index (χ4n) is 2.47. The molecule has 1 fully saturated rings. The molecule has 4 N–H and O–H groups in total. The smallest absolute Gasteiger partial charge is 0.251 e. The lowest BCUT2D eigenvalue weighted by molar-refractivity contribution is -0.124. The molecule has 0 saturated carbocycles. The van der Waals surface area contributed by atoms with Crippen molar-refractivity contribution in [2.45, 2.75) is 18.9 Å². The number of hydrogen-bond acceptors (Lipinski definition) is 4. The van der Waals surface area contributed by atoms with Crippen molar-refractivity contribution in [1.29, 1.82) is 0 Å². The first-order chi connectivity index (χ1) is 11.1. The summed E-state index contributed by atoms with van der Waals surface area (Å²) in [6.07, 6.45) is 1.63. The molecule has 2 amide bonds. The Balaban J connectivity index is 1.67. The molecule has 1 unspecified atom stereocenters. The van der Waals surface area contributed by atoms with Gasteiger partial charge in [-0.25, -0.2) is 0 Å². The molecule has 23 heavy (non-hydrogen) atoms. The van der Waals surface area contributed by atoms with Gasteiger partial charge in [0.2, 0.25) is 5.91 Å². The maximum atomic E-state index is 12.0. The highest BCUT2D eigenvalue weighted by Gasteiger charge is 2.26. The molecule has 1 aromatic carbocycles. The number of carbonyl (C=O) groups excluding carboxylic acids is 2. The first-order valence-electron chi connectivity index (χ1n) is 7.72. The van der Waals surface area contributed by atoms with Gasteiger partial charge in [-0.2, -0.15) is 0 Å². The van der Waals surface area contributed by atoms with Gasteiger partial charge in [-0.3, -0.25) is 9.59 Å². The van der Waals surface area contributed by atoms with Gasteiger partial charge >= 0.3 is 0 Å². The van der Waals surface area contributed by atoms with E-state index in [9.17, 15) is 9.59 Å². The van der Waals surface area contributed by atoms with Crippen LogP contribution in [0.15, 0.2) is 28.7 Å². The van der Waals surface area contributed by atoms with E-state index in [2.05, 4.69) is 26.6 Å². The molecule has 2 rings (SSSR count). The lowest BCUT2D eigenvalue weighted by Gasteiger charge is -2.26. The third kappa shape index (κ3) is 5.60. The summed E-state index contributed by atoms with van der Waals surface area (Å²) in [5, 5.41) is 5.53. The quantitative estimate of drug-likeness (QED) is 0.640. The highest BCUT2D eigenvalue weighted by Crippen LogP contribution is 2.17. The van der Waals surface area contributed by atoms with Crippen molar-refractivity contribution < 1.29 is 14.3 Å². The van der Waals surface area contributed by atoms with Crippen LogP contribution in [-0.2, 0) is 9.53 Å². The normalized spacial score (nSPS) is 16.6. The molecule has 7 heteroatoms. The van der Waals surface area contributed by atoms with Gasteiger partial charge < -0.3 is 21.1 Å². The van der Waals surface area contributed by atoms with E-state index < -0.39 is 6.04 Å². The fraction of sp³-hybridized carbons (Fsp3) is 0.500. The molecular formula is C16H22BrN3O3. The van der Waals surface area contributed by atoms with Crippen molar-refractivity contribution >= 4 is 27.7 Å². The maximum absolute atomic E-state index is 12.0. The van der Waals surface area contributed by atoms with Gasteiger partial charge in [0.1, 0.15) is 0 Å². The van der Waals surface area contributed by atoms with Gasteiger partial charge in [-0.15, -0.1) is 0 Å². The van der Waals surface area contributed by atoms with E-state index in [4.69, 9.17) is 10.5 Å². The zero-order valence-corrected chi connectivity index (χ0v) is 14.5. The molecule has 126 valence electrons. The Bertz CT molecular complexity index is 530. The maximum Gasteiger partial charge on any atom is 0.251 e. The molecular weight excluding hydrogens is 362 g/mol. The van der Waals surface area contributed by atoms with E-state index in [1.165, 1.54) is 0 Å². The third-order valence-electron chi connectivity index (χ3n) is 3.89. The van der Waals surface area contributed by atoms with Crippen LogP contribution >= 0.6 is 15.9 Å². The van der Waals surface area contributed by atoms with Gasteiger partial charge in [0.05, 0.1) is 6.04 Å². The Hall–Kier alpha value is -1.44. The van der Waals surface area contributed by atoms with Gasteiger partial charge in [-0.1, -0.05) is 15.9 Å². The number of rotatable bonds is 6. The van der Waals surface area contributed by atoms with Crippen molar-refractivity contribution in [3.05, 3.63) is 34.3 Å². The molecule has 0 spiro atoms. The Kier molecular flexibility index (Phi) is 7.01. The number of nitrogens with two attached hydrogens (primary N) is 1. The Labute approximate surface area is 144 Å². The van der Waals surface area contributed by atoms with Crippen LogP contribution < -0.4 is 16.4 Å². The summed E-state index contributed by atoms with van der Waals surface area (Å²) < 4.78 is 6.19. The number of carbonyl (C=O) groups is 2.